The van der Waals surface area contributed by atoms with Gasteiger partial charge in [0.05, 0.1) is 5.01 Å². The van der Waals surface area contributed by atoms with Crippen LogP contribution in [0.2, 0.25) is 0 Å². The number of nitrogens with zero attached hydrogens (tertiary/aromatic N) is 2. The van der Waals surface area contributed by atoms with E-state index < -0.39 is 0 Å². The smallest absolute Gasteiger partial charge is 0.225 e. The molecule has 0 spiro atoms. The number of halogens is 1. The van der Waals surface area contributed by atoms with Crippen molar-refractivity contribution in [2.45, 2.75) is 51.5 Å². The lowest BCUT2D eigenvalue weighted by Crippen LogP contribution is -2.47. The molecule has 3 rings (SSSR count). The molecule has 1 aromatic rings. The summed E-state index contributed by atoms with van der Waals surface area (Å²) in [6.45, 7) is 6.99. The number of rotatable bonds is 2. The number of nitrogens with one attached hydrogen (secondary N) is 1. The zero-order valence-electron chi connectivity index (χ0n) is 13.4. The lowest BCUT2D eigenvalue weighted by atomic mass is 9.90. The molecule has 3 atom stereocenters. The molecule has 0 radical (unpaired) electrons. The molecule has 2 aliphatic heterocycles. The highest BCUT2D eigenvalue weighted by Crippen LogP contribution is 2.30. The van der Waals surface area contributed by atoms with Gasteiger partial charge in [-0.05, 0) is 46.1 Å². The maximum atomic E-state index is 12.8. The summed E-state index contributed by atoms with van der Waals surface area (Å²) in [5.41, 5.74) is 1.10. The SMILES string of the molecule is Cc1csc(C2CCCN(C(=O)[C@H]3CCN[C@@H](C)C3)C2)n1.Cl. The maximum absolute atomic E-state index is 12.8. The molecular formula is C16H26ClN3OS. The van der Waals surface area contributed by atoms with Crippen LogP contribution in [0.15, 0.2) is 5.38 Å². The highest BCUT2D eigenvalue weighted by atomic mass is 35.5. The van der Waals surface area contributed by atoms with Crippen LogP contribution in [-0.4, -0.2) is 41.5 Å². The first-order valence-electron chi connectivity index (χ1n) is 8.07. The molecule has 2 aliphatic rings. The quantitative estimate of drug-likeness (QED) is 0.898. The van der Waals surface area contributed by atoms with E-state index >= 15 is 0 Å². The van der Waals surface area contributed by atoms with Crippen molar-refractivity contribution in [3.05, 3.63) is 16.1 Å². The molecule has 2 fully saturated rings. The van der Waals surface area contributed by atoms with Crippen molar-refractivity contribution in [3.63, 3.8) is 0 Å². The van der Waals surface area contributed by atoms with Gasteiger partial charge in [-0.15, -0.1) is 23.7 Å². The van der Waals surface area contributed by atoms with Gasteiger partial charge >= 0.3 is 0 Å². The number of amides is 1. The van der Waals surface area contributed by atoms with Gasteiger partial charge in [-0.2, -0.15) is 0 Å². The van der Waals surface area contributed by atoms with Crippen LogP contribution in [0.4, 0.5) is 0 Å². The second kappa shape index (κ2) is 7.75. The predicted molar refractivity (Wildman–Crippen MR) is 92.8 cm³/mol. The normalized spacial score (nSPS) is 29.0. The fraction of sp³-hybridized carbons (Fsp3) is 0.750. The van der Waals surface area contributed by atoms with Crippen molar-refractivity contribution in [2.24, 2.45) is 5.92 Å². The largest absolute Gasteiger partial charge is 0.342 e. The number of hydrogen-bond donors (Lipinski definition) is 1. The average Bonchev–Trinajstić information content (AvgIpc) is 2.93. The lowest BCUT2D eigenvalue weighted by molar-refractivity contribution is -0.138. The summed E-state index contributed by atoms with van der Waals surface area (Å²) >= 11 is 1.75. The molecule has 6 heteroatoms. The summed E-state index contributed by atoms with van der Waals surface area (Å²) in [5, 5.41) is 6.76. The molecule has 0 saturated carbocycles. The van der Waals surface area contributed by atoms with E-state index in [2.05, 4.69) is 27.5 Å². The van der Waals surface area contributed by atoms with Gasteiger partial charge in [0.2, 0.25) is 5.91 Å². The average molecular weight is 344 g/mol. The minimum Gasteiger partial charge on any atom is -0.342 e. The fourth-order valence-corrected chi connectivity index (χ4v) is 4.48. The highest BCUT2D eigenvalue weighted by molar-refractivity contribution is 7.09. The molecule has 0 aromatic carbocycles. The fourth-order valence-electron chi connectivity index (χ4n) is 3.55. The minimum atomic E-state index is 0. The Morgan fingerprint density at radius 3 is 2.95 bits per heavy atom. The van der Waals surface area contributed by atoms with Crippen molar-refractivity contribution in [2.75, 3.05) is 19.6 Å². The summed E-state index contributed by atoms with van der Waals surface area (Å²) in [5.74, 6) is 1.04. The summed E-state index contributed by atoms with van der Waals surface area (Å²) in [6, 6.07) is 0.467. The van der Waals surface area contributed by atoms with E-state index in [4.69, 9.17) is 0 Å². The van der Waals surface area contributed by atoms with E-state index in [0.717, 1.165) is 44.6 Å². The van der Waals surface area contributed by atoms with E-state index in [0.29, 0.717) is 17.9 Å². The Morgan fingerprint density at radius 1 is 1.45 bits per heavy atom. The van der Waals surface area contributed by atoms with Crippen LogP contribution in [0.3, 0.4) is 0 Å². The number of piperidine rings is 2. The third-order valence-corrected chi connectivity index (χ3v) is 5.82. The zero-order chi connectivity index (χ0) is 14.8. The molecule has 0 aliphatic carbocycles. The number of carbonyl (C=O) groups is 1. The van der Waals surface area contributed by atoms with Crippen LogP contribution in [0.1, 0.15) is 49.2 Å². The number of aryl methyl sites for hydroxylation is 1. The third-order valence-electron chi connectivity index (χ3n) is 4.69. The van der Waals surface area contributed by atoms with E-state index in [1.54, 1.807) is 11.3 Å². The number of likely N-dealkylation sites (tertiary alicyclic amines) is 1. The number of hydrogen-bond acceptors (Lipinski definition) is 4. The van der Waals surface area contributed by atoms with Crippen LogP contribution in [0.5, 0.6) is 0 Å². The third kappa shape index (κ3) is 4.00. The summed E-state index contributed by atoms with van der Waals surface area (Å²) in [7, 11) is 0. The maximum Gasteiger partial charge on any atom is 0.225 e. The number of carbonyl (C=O) groups excluding carboxylic acids is 1. The van der Waals surface area contributed by atoms with Gasteiger partial charge in [0.15, 0.2) is 0 Å². The van der Waals surface area contributed by atoms with Crippen LogP contribution in [0.25, 0.3) is 0 Å². The summed E-state index contributed by atoms with van der Waals surface area (Å²) in [4.78, 5) is 19.5. The molecule has 3 heterocycles. The van der Waals surface area contributed by atoms with Gasteiger partial charge in [0.1, 0.15) is 0 Å². The van der Waals surface area contributed by atoms with Crippen molar-refractivity contribution in [1.29, 1.82) is 0 Å². The Hall–Kier alpha value is -0.650. The van der Waals surface area contributed by atoms with E-state index in [1.807, 2.05) is 6.92 Å². The zero-order valence-corrected chi connectivity index (χ0v) is 15.0. The standard InChI is InChI=1S/C16H25N3OS.ClH/c1-11-8-13(5-6-17-11)16(20)19-7-3-4-14(9-19)15-18-12(2)10-21-15;/h10-11,13-14,17H,3-9H2,1-2H3;1H/t11-,13-,14?;/m0./s1. The highest BCUT2D eigenvalue weighted by Gasteiger charge is 2.32. The Kier molecular flexibility index (Phi) is 6.24. The van der Waals surface area contributed by atoms with Crippen molar-refractivity contribution >= 4 is 29.7 Å². The summed E-state index contributed by atoms with van der Waals surface area (Å²) in [6.07, 6.45) is 4.24. The molecule has 1 unspecified atom stereocenters. The molecule has 1 N–H and O–H groups in total. The van der Waals surface area contributed by atoms with Crippen LogP contribution >= 0.6 is 23.7 Å². The molecule has 0 bridgehead atoms. The Bertz CT molecular complexity index is 507. The first-order valence-corrected chi connectivity index (χ1v) is 8.95. The molecule has 4 nitrogen and oxygen atoms in total. The first kappa shape index (κ1) is 17.7. The number of aromatic nitrogens is 1. The van der Waals surface area contributed by atoms with Crippen LogP contribution in [-0.2, 0) is 4.79 Å². The second-order valence-electron chi connectivity index (χ2n) is 6.53. The molecular weight excluding hydrogens is 318 g/mol. The van der Waals surface area contributed by atoms with Crippen molar-refractivity contribution < 1.29 is 4.79 Å². The Balaban J connectivity index is 0.00000176. The van der Waals surface area contributed by atoms with Gasteiger partial charge in [-0.1, -0.05) is 0 Å². The van der Waals surface area contributed by atoms with Crippen LogP contribution in [0, 0.1) is 12.8 Å². The van der Waals surface area contributed by atoms with Gasteiger partial charge in [0.25, 0.3) is 0 Å². The van der Waals surface area contributed by atoms with Crippen molar-refractivity contribution in [3.8, 4) is 0 Å². The Labute approximate surface area is 143 Å². The van der Waals surface area contributed by atoms with E-state index in [9.17, 15) is 4.79 Å². The minimum absolute atomic E-state index is 0. The van der Waals surface area contributed by atoms with Crippen LogP contribution < -0.4 is 5.32 Å². The van der Waals surface area contributed by atoms with E-state index in [-0.39, 0.29) is 18.3 Å². The predicted octanol–water partition coefficient (Wildman–Crippen LogP) is 2.97. The molecule has 2 saturated heterocycles. The van der Waals surface area contributed by atoms with Gasteiger partial charge in [0, 0.05) is 42.0 Å². The van der Waals surface area contributed by atoms with Gasteiger partial charge < -0.3 is 10.2 Å². The Morgan fingerprint density at radius 2 is 2.27 bits per heavy atom. The first-order chi connectivity index (χ1) is 10.1. The molecule has 1 amide bonds. The van der Waals surface area contributed by atoms with Gasteiger partial charge in [-0.25, -0.2) is 4.98 Å². The molecule has 22 heavy (non-hydrogen) atoms. The van der Waals surface area contributed by atoms with Crippen molar-refractivity contribution in [1.82, 2.24) is 15.2 Å². The second-order valence-corrected chi connectivity index (χ2v) is 7.42. The number of thiazole rings is 1. The lowest BCUT2D eigenvalue weighted by Gasteiger charge is -2.36. The van der Waals surface area contributed by atoms with E-state index in [1.165, 1.54) is 11.4 Å². The molecule has 1 aromatic heterocycles. The topological polar surface area (TPSA) is 45.2 Å². The van der Waals surface area contributed by atoms with Gasteiger partial charge in [-0.3, -0.25) is 4.79 Å². The summed E-state index contributed by atoms with van der Waals surface area (Å²) < 4.78 is 0. The molecule has 124 valence electrons. The monoisotopic (exact) mass is 343 g/mol.